The average Bonchev–Trinajstić information content (AvgIpc) is 2.84. The molecule has 0 atom stereocenters. The third-order valence-electron chi connectivity index (χ3n) is 4.08. The lowest BCUT2D eigenvalue weighted by atomic mass is 9.74. The Kier molecular flexibility index (Phi) is 4.50. The minimum absolute atomic E-state index is 0.411. The fraction of sp³-hybridized carbons (Fsp3) is 0.846. The van der Waals surface area contributed by atoms with Gasteiger partial charge in [-0.25, -0.2) is 4.68 Å². The molecule has 0 unspecified atom stereocenters. The van der Waals surface area contributed by atoms with Crippen molar-refractivity contribution in [1.29, 1.82) is 0 Å². The van der Waals surface area contributed by atoms with E-state index in [9.17, 15) is 9.90 Å². The molecule has 1 aromatic rings. The van der Waals surface area contributed by atoms with Crippen molar-refractivity contribution in [3.8, 4) is 0 Å². The highest BCUT2D eigenvalue weighted by Crippen LogP contribution is 2.38. The molecule has 0 saturated heterocycles. The van der Waals surface area contributed by atoms with Gasteiger partial charge in [-0.05, 0) is 29.7 Å². The highest BCUT2D eigenvalue weighted by atomic mass is 16.4. The Balaban J connectivity index is 2.13. The topological polar surface area (TPSA) is 80.9 Å². The predicted octanol–water partition coefficient (Wildman–Crippen LogP) is 2.05. The Labute approximate surface area is 113 Å². The molecule has 1 fully saturated rings. The van der Waals surface area contributed by atoms with Gasteiger partial charge in [-0.2, -0.15) is 0 Å². The van der Waals surface area contributed by atoms with Crippen LogP contribution in [0.2, 0.25) is 0 Å². The minimum atomic E-state index is -0.704. The molecule has 1 aliphatic rings. The zero-order chi connectivity index (χ0) is 13.7. The van der Waals surface area contributed by atoms with Crippen LogP contribution in [0.4, 0.5) is 0 Å². The Bertz CT molecular complexity index is 424. The van der Waals surface area contributed by atoms with Gasteiger partial charge in [0.15, 0.2) is 5.82 Å². The van der Waals surface area contributed by atoms with Crippen LogP contribution >= 0.6 is 0 Å². The molecule has 19 heavy (non-hydrogen) atoms. The first-order chi connectivity index (χ1) is 9.18. The number of aryl methyl sites for hydroxylation is 1. The number of hydrogen-bond donors (Lipinski definition) is 1. The second-order valence-corrected chi connectivity index (χ2v) is 5.50. The summed E-state index contributed by atoms with van der Waals surface area (Å²) in [5.41, 5.74) is -0.672. The summed E-state index contributed by atoms with van der Waals surface area (Å²) >= 11 is 0. The molecule has 1 aliphatic carbocycles. The van der Waals surface area contributed by atoms with Gasteiger partial charge in [0.1, 0.15) is 0 Å². The summed E-state index contributed by atoms with van der Waals surface area (Å²) in [4.78, 5) is 11.6. The van der Waals surface area contributed by atoms with Crippen LogP contribution in [0.15, 0.2) is 0 Å². The maximum atomic E-state index is 11.6. The molecule has 0 radical (unpaired) electrons. The van der Waals surface area contributed by atoms with Crippen LogP contribution in [-0.2, 0) is 17.8 Å². The van der Waals surface area contributed by atoms with E-state index in [1.807, 2.05) is 0 Å². The standard InChI is InChI=1S/C13H22N4O2/c1-2-3-7-11-14-15-16-17(11)10-13(12(18)19)8-5-4-6-9-13/h2-10H2,1H3,(H,18,19). The van der Waals surface area contributed by atoms with E-state index < -0.39 is 11.4 Å². The number of nitrogens with zero attached hydrogens (tertiary/aromatic N) is 4. The molecule has 0 amide bonds. The Morgan fingerprint density at radius 2 is 2.11 bits per heavy atom. The quantitative estimate of drug-likeness (QED) is 0.852. The molecule has 1 saturated carbocycles. The number of aliphatic carboxylic acids is 1. The lowest BCUT2D eigenvalue weighted by molar-refractivity contribution is -0.152. The van der Waals surface area contributed by atoms with Crippen molar-refractivity contribution < 1.29 is 9.90 Å². The highest BCUT2D eigenvalue weighted by Gasteiger charge is 2.40. The average molecular weight is 266 g/mol. The molecule has 1 N–H and O–H groups in total. The van der Waals surface area contributed by atoms with Gasteiger partial charge in [0, 0.05) is 6.42 Å². The molecular formula is C13H22N4O2. The van der Waals surface area contributed by atoms with Crippen LogP contribution in [0.5, 0.6) is 0 Å². The molecule has 0 spiro atoms. The summed E-state index contributed by atoms with van der Waals surface area (Å²) < 4.78 is 1.70. The van der Waals surface area contributed by atoms with Crippen molar-refractivity contribution >= 4 is 5.97 Å². The molecule has 0 aromatic carbocycles. The lowest BCUT2D eigenvalue weighted by Crippen LogP contribution is -2.38. The van der Waals surface area contributed by atoms with Crippen LogP contribution in [0.1, 0.15) is 57.7 Å². The van der Waals surface area contributed by atoms with Crippen molar-refractivity contribution in [2.24, 2.45) is 5.41 Å². The Morgan fingerprint density at radius 1 is 1.37 bits per heavy atom. The number of carbonyl (C=O) groups is 1. The van der Waals surface area contributed by atoms with Crippen molar-refractivity contribution in [2.45, 2.75) is 64.8 Å². The van der Waals surface area contributed by atoms with E-state index in [-0.39, 0.29) is 0 Å². The number of unbranched alkanes of at least 4 members (excludes halogenated alkanes) is 1. The zero-order valence-corrected chi connectivity index (χ0v) is 11.5. The first-order valence-corrected chi connectivity index (χ1v) is 7.16. The van der Waals surface area contributed by atoms with Gasteiger partial charge in [-0.3, -0.25) is 4.79 Å². The maximum absolute atomic E-state index is 11.6. The van der Waals surface area contributed by atoms with E-state index in [0.717, 1.165) is 57.2 Å². The predicted molar refractivity (Wildman–Crippen MR) is 69.6 cm³/mol. The zero-order valence-electron chi connectivity index (χ0n) is 11.5. The van der Waals surface area contributed by atoms with E-state index in [1.54, 1.807) is 4.68 Å². The van der Waals surface area contributed by atoms with Crippen molar-refractivity contribution in [2.75, 3.05) is 0 Å². The first kappa shape index (κ1) is 14.0. The van der Waals surface area contributed by atoms with Crippen molar-refractivity contribution in [3.05, 3.63) is 5.82 Å². The van der Waals surface area contributed by atoms with Gasteiger partial charge in [-0.1, -0.05) is 32.6 Å². The van der Waals surface area contributed by atoms with Crippen LogP contribution in [0.25, 0.3) is 0 Å². The number of aromatic nitrogens is 4. The summed E-state index contributed by atoms with van der Waals surface area (Å²) in [6.07, 6.45) is 7.49. The van der Waals surface area contributed by atoms with Gasteiger partial charge in [0.25, 0.3) is 0 Å². The second kappa shape index (κ2) is 6.12. The van der Waals surface area contributed by atoms with Gasteiger partial charge in [0.2, 0.25) is 0 Å². The summed E-state index contributed by atoms with van der Waals surface area (Å²) in [5, 5.41) is 21.3. The number of tetrazole rings is 1. The summed E-state index contributed by atoms with van der Waals surface area (Å²) in [6.45, 7) is 2.53. The van der Waals surface area contributed by atoms with E-state index >= 15 is 0 Å². The third-order valence-corrected chi connectivity index (χ3v) is 4.08. The lowest BCUT2D eigenvalue weighted by Gasteiger charge is -2.32. The van der Waals surface area contributed by atoms with Crippen LogP contribution in [0.3, 0.4) is 0 Å². The van der Waals surface area contributed by atoms with Gasteiger partial charge >= 0.3 is 5.97 Å². The molecule has 1 heterocycles. The van der Waals surface area contributed by atoms with Gasteiger partial charge < -0.3 is 5.11 Å². The number of rotatable bonds is 6. The molecule has 0 aliphatic heterocycles. The van der Waals surface area contributed by atoms with Crippen LogP contribution < -0.4 is 0 Å². The molecular weight excluding hydrogens is 244 g/mol. The minimum Gasteiger partial charge on any atom is -0.481 e. The molecule has 6 heteroatoms. The number of hydrogen-bond acceptors (Lipinski definition) is 4. The number of carboxylic acid groups (broad SMARTS) is 1. The normalized spacial score (nSPS) is 18.4. The SMILES string of the molecule is CCCCc1nnnn1CC1(C(=O)O)CCCCC1. The summed E-state index contributed by atoms with van der Waals surface area (Å²) in [7, 11) is 0. The highest BCUT2D eigenvalue weighted by molar-refractivity contribution is 5.74. The summed E-state index contributed by atoms with van der Waals surface area (Å²) in [5.74, 6) is 0.109. The molecule has 1 aromatic heterocycles. The smallest absolute Gasteiger partial charge is 0.311 e. The van der Waals surface area contributed by atoms with E-state index in [0.29, 0.717) is 6.54 Å². The Hall–Kier alpha value is -1.46. The molecule has 2 rings (SSSR count). The van der Waals surface area contributed by atoms with E-state index in [4.69, 9.17) is 0 Å². The van der Waals surface area contributed by atoms with E-state index in [1.165, 1.54) is 0 Å². The van der Waals surface area contributed by atoms with Crippen LogP contribution in [-0.4, -0.2) is 31.3 Å². The fourth-order valence-electron chi connectivity index (χ4n) is 2.81. The largest absolute Gasteiger partial charge is 0.481 e. The summed E-state index contributed by atoms with van der Waals surface area (Å²) in [6, 6.07) is 0. The maximum Gasteiger partial charge on any atom is 0.311 e. The second-order valence-electron chi connectivity index (χ2n) is 5.50. The monoisotopic (exact) mass is 266 g/mol. The van der Waals surface area contributed by atoms with Gasteiger partial charge in [0.05, 0.1) is 12.0 Å². The first-order valence-electron chi connectivity index (χ1n) is 7.16. The third kappa shape index (κ3) is 3.11. The fourth-order valence-corrected chi connectivity index (χ4v) is 2.81. The molecule has 106 valence electrons. The van der Waals surface area contributed by atoms with Gasteiger partial charge in [-0.15, -0.1) is 5.10 Å². The molecule has 0 bridgehead atoms. The Morgan fingerprint density at radius 3 is 2.74 bits per heavy atom. The van der Waals surface area contributed by atoms with E-state index in [2.05, 4.69) is 22.4 Å². The van der Waals surface area contributed by atoms with Crippen molar-refractivity contribution in [3.63, 3.8) is 0 Å². The number of carboxylic acids is 1. The van der Waals surface area contributed by atoms with Crippen LogP contribution in [0, 0.1) is 5.41 Å². The molecule has 6 nitrogen and oxygen atoms in total. The van der Waals surface area contributed by atoms with Crippen molar-refractivity contribution in [1.82, 2.24) is 20.2 Å².